The molecule has 2 aromatic carbocycles. The summed E-state index contributed by atoms with van der Waals surface area (Å²) in [6.45, 7) is -0.332. The Bertz CT molecular complexity index is 794. The van der Waals surface area contributed by atoms with Gasteiger partial charge in [0.2, 0.25) is 10.0 Å². The first kappa shape index (κ1) is 17.8. The summed E-state index contributed by atoms with van der Waals surface area (Å²) < 4.78 is 68.0. The molecule has 0 unspecified atom stereocenters. The third-order valence-corrected chi connectivity index (χ3v) is 4.65. The van der Waals surface area contributed by atoms with Crippen LogP contribution in [-0.4, -0.2) is 14.8 Å². The van der Waals surface area contributed by atoms with Crippen LogP contribution in [0.4, 0.5) is 13.2 Å². The standard InChI is InChI=1S/C14H11BrF3NO3S/c15-11-5-3-6-12(8-11)23(20,21)19-9-10-4-1-2-7-13(10)22-14(16,17)18/h1-8,19H,9H2. The van der Waals surface area contributed by atoms with E-state index >= 15 is 0 Å². The van der Waals surface area contributed by atoms with Crippen LogP contribution >= 0.6 is 15.9 Å². The van der Waals surface area contributed by atoms with Gasteiger partial charge in [0.25, 0.3) is 0 Å². The Morgan fingerprint density at radius 3 is 2.43 bits per heavy atom. The van der Waals surface area contributed by atoms with Gasteiger partial charge in [-0.2, -0.15) is 0 Å². The highest BCUT2D eigenvalue weighted by molar-refractivity contribution is 9.10. The second-order valence-corrected chi connectivity index (χ2v) is 7.12. The first-order valence-electron chi connectivity index (χ1n) is 6.26. The lowest BCUT2D eigenvalue weighted by molar-refractivity contribution is -0.274. The van der Waals surface area contributed by atoms with Crippen LogP contribution < -0.4 is 9.46 Å². The van der Waals surface area contributed by atoms with Crippen molar-refractivity contribution in [3.63, 3.8) is 0 Å². The molecular formula is C14H11BrF3NO3S. The second-order valence-electron chi connectivity index (χ2n) is 4.44. The fraction of sp³-hybridized carbons (Fsp3) is 0.143. The average Bonchev–Trinajstić information content (AvgIpc) is 2.45. The summed E-state index contributed by atoms with van der Waals surface area (Å²) in [5.41, 5.74) is 0.0726. The summed E-state index contributed by atoms with van der Waals surface area (Å²) in [7, 11) is -3.86. The Balaban J connectivity index is 2.18. The Labute approximate surface area is 139 Å². The van der Waals surface area contributed by atoms with Gasteiger partial charge in [-0.05, 0) is 24.3 Å². The molecule has 0 saturated carbocycles. The van der Waals surface area contributed by atoms with Crippen LogP contribution in [0.2, 0.25) is 0 Å². The van der Waals surface area contributed by atoms with Gasteiger partial charge in [0.1, 0.15) is 5.75 Å². The van der Waals surface area contributed by atoms with Crippen LogP contribution in [-0.2, 0) is 16.6 Å². The Hall–Kier alpha value is -1.58. The van der Waals surface area contributed by atoms with Crippen molar-refractivity contribution < 1.29 is 26.3 Å². The topological polar surface area (TPSA) is 55.4 Å². The SMILES string of the molecule is O=S(=O)(NCc1ccccc1OC(F)(F)F)c1cccc(Br)c1. The number of para-hydroxylation sites is 1. The quantitative estimate of drug-likeness (QED) is 0.816. The molecule has 0 aliphatic rings. The second kappa shape index (κ2) is 6.90. The minimum atomic E-state index is -4.85. The van der Waals surface area contributed by atoms with Gasteiger partial charge in [-0.3, -0.25) is 0 Å². The molecule has 0 aromatic heterocycles. The number of hydrogen-bond acceptors (Lipinski definition) is 3. The lowest BCUT2D eigenvalue weighted by Gasteiger charge is -2.13. The zero-order valence-corrected chi connectivity index (χ0v) is 13.9. The van der Waals surface area contributed by atoms with Crippen LogP contribution in [0.25, 0.3) is 0 Å². The first-order chi connectivity index (χ1) is 10.7. The van der Waals surface area contributed by atoms with E-state index in [0.717, 1.165) is 6.07 Å². The van der Waals surface area contributed by atoms with Crippen molar-refractivity contribution in [3.8, 4) is 5.75 Å². The van der Waals surface area contributed by atoms with Crippen LogP contribution in [0.5, 0.6) is 5.75 Å². The molecule has 0 aliphatic carbocycles. The molecule has 124 valence electrons. The summed E-state index contributed by atoms with van der Waals surface area (Å²) in [6, 6.07) is 11.3. The third-order valence-electron chi connectivity index (χ3n) is 2.76. The molecule has 9 heteroatoms. The van der Waals surface area contributed by atoms with Gasteiger partial charge in [-0.15, -0.1) is 13.2 Å². The zero-order valence-electron chi connectivity index (χ0n) is 11.5. The smallest absolute Gasteiger partial charge is 0.405 e. The predicted molar refractivity (Wildman–Crippen MR) is 81.3 cm³/mol. The summed E-state index contributed by atoms with van der Waals surface area (Å²) in [5, 5.41) is 0. The molecule has 2 aromatic rings. The lowest BCUT2D eigenvalue weighted by atomic mass is 10.2. The predicted octanol–water partition coefficient (Wildman–Crippen LogP) is 3.83. The Kier molecular flexibility index (Phi) is 5.33. The highest BCUT2D eigenvalue weighted by Crippen LogP contribution is 2.26. The molecule has 23 heavy (non-hydrogen) atoms. The van der Waals surface area contributed by atoms with E-state index < -0.39 is 22.1 Å². The maximum Gasteiger partial charge on any atom is 0.573 e. The van der Waals surface area contributed by atoms with Gasteiger partial charge in [0.05, 0.1) is 4.90 Å². The summed E-state index contributed by atoms with van der Waals surface area (Å²) in [6.07, 6.45) is -4.85. The highest BCUT2D eigenvalue weighted by atomic mass is 79.9. The van der Waals surface area contributed by atoms with Gasteiger partial charge in [0.15, 0.2) is 0 Å². The monoisotopic (exact) mass is 409 g/mol. The van der Waals surface area contributed by atoms with E-state index in [1.807, 2.05) is 0 Å². The van der Waals surface area contributed by atoms with Crippen LogP contribution in [0.15, 0.2) is 57.9 Å². The summed E-state index contributed by atoms with van der Waals surface area (Å²) in [5.74, 6) is -0.447. The van der Waals surface area contributed by atoms with Crippen LogP contribution in [0.1, 0.15) is 5.56 Å². The van der Waals surface area contributed by atoms with Crippen molar-refractivity contribution in [2.24, 2.45) is 0 Å². The molecule has 4 nitrogen and oxygen atoms in total. The molecule has 0 heterocycles. The number of hydrogen-bond donors (Lipinski definition) is 1. The van der Waals surface area contributed by atoms with Crippen LogP contribution in [0, 0.1) is 0 Å². The van der Waals surface area contributed by atoms with E-state index in [1.165, 1.54) is 30.3 Å². The van der Waals surface area contributed by atoms with Crippen molar-refractivity contribution in [1.82, 2.24) is 4.72 Å². The summed E-state index contributed by atoms with van der Waals surface area (Å²) in [4.78, 5) is 0.00101. The van der Waals surface area contributed by atoms with Gasteiger partial charge in [0, 0.05) is 16.6 Å². The van der Waals surface area contributed by atoms with E-state index in [9.17, 15) is 21.6 Å². The van der Waals surface area contributed by atoms with Crippen molar-refractivity contribution in [1.29, 1.82) is 0 Å². The molecule has 2 rings (SSSR count). The molecule has 0 bridgehead atoms. The molecule has 0 atom stereocenters. The molecule has 0 fully saturated rings. The molecule has 0 radical (unpaired) electrons. The fourth-order valence-corrected chi connectivity index (χ4v) is 3.37. The van der Waals surface area contributed by atoms with Crippen molar-refractivity contribution in [3.05, 3.63) is 58.6 Å². The normalized spacial score (nSPS) is 12.2. The van der Waals surface area contributed by atoms with Gasteiger partial charge in [-0.1, -0.05) is 40.2 Å². The van der Waals surface area contributed by atoms with E-state index in [-0.39, 0.29) is 17.0 Å². The molecule has 0 saturated heterocycles. The van der Waals surface area contributed by atoms with Crippen LogP contribution in [0.3, 0.4) is 0 Å². The maximum atomic E-state index is 12.3. The largest absolute Gasteiger partial charge is 0.573 e. The zero-order chi connectivity index (χ0) is 17.1. The van der Waals surface area contributed by atoms with E-state index in [4.69, 9.17) is 0 Å². The first-order valence-corrected chi connectivity index (χ1v) is 8.54. The third kappa shape index (κ3) is 5.22. The minimum absolute atomic E-state index is 0.00101. The van der Waals surface area contributed by atoms with Gasteiger partial charge in [-0.25, -0.2) is 13.1 Å². The van der Waals surface area contributed by atoms with Gasteiger partial charge < -0.3 is 4.74 Å². The van der Waals surface area contributed by atoms with E-state index in [0.29, 0.717) is 4.47 Å². The van der Waals surface area contributed by atoms with Gasteiger partial charge >= 0.3 is 6.36 Å². The molecular weight excluding hydrogens is 399 g/mol. The Morgan fingerprint density at radius 2 is 1.78 bits per heavy atom. The number of benzene rings is 2. The molecule has 0 aliphatic heterocycles. The van der Waals surface area contributed by atoms with Crippen molar-refractivity contribution in [2.75, 3.05) is 0 Å². The molecule has 0 amide bonds. The number of rotatable bonds is 5. The number of sulfonamides is 1. The number of ether oxygens (including phenoxy) is 1. The molecule has 0 spiro atoms. The van der Waals surface area contributed by atoms with E-state index in [2.05, 4.69) is 25.4 Å². The van der Waals surface area contributed by atoms with Crippen molar-refractivity contribution in [2.45, 2.75) is 17.8 Å². The number of halogens is 4. The fourth-order valence-electron chi connectivity index (χ4n) is 1.76. The molecule has 1 N–H and O–H groups in total. The lowest BCUT2D eigenvalue weighted by Crippen LogP contribution is -2.24. The minimum Gasteiger partial charge on any atom is -0.405 e. The number of nitrogens with one attached hydrogen (secondary N) is 1. The summed E-state index contributed by atoms with van der Waals surface area (Å²) >= 11 is 3.16. The van der Waals surface area contributed by atoms with E-state index in [1.54, 1.807) is 12.1 Å². The average molecular weight is 410 g/mol. The maximum absolute atomic E-state index is 12.3. The highest BCUT2D eigenvalue weighted by Gasteiger charge is 2.32. The number of alkyl halides is 3. The Morgan fingerprint density at radius 1 is 1.09 bits per heavy atom. The van der Waals surface area contributed by atoms with Crippen molar-refractivity contribution >= 4 is 26.0 Å².